The van der Waals surface area contributed by atoms with Gasteiger partial charge in [0.2, 0.25) is 5.88 Å². The van der Waals surface area contributed by atoms with E-state index in [-0.39, 0.29) is 16.7 Å². The average molecular weight is 319 g/mol. The molecule has 112 valence electrons. The van der Waals surface area contributed by atoms with E-state index in [1.807, 2.05) is 0 Å². The summed E-state index contributed by atoms with van der Waals surface area (Å²) >= 11 is 5.74. The first-order valence-electron chi connectivity index (χ1n) is 5.65. The van der Waals surface area contributed by atoms with Gasteiger partial charge in [0.25, 0.3) is 0 Å². The molecule has 1 aromatic carbocycles. The molecule has 1 heterocycles. The molecule has 2 rings (SSSR count). The molecule has 0 unspecified atom stereocenters. The van der Waals surface area contributed by atoms with E-state index in [0.717, 1.165) is 6.07 Å². The van der Waals surface area contributed by atoms with Crippen molar-refractivity contribution in [2.75, 3.05) is 12.8 Å². The molecule has 0 saturated carbocycles. The van der Waals surface area contributed by atoms with Crippen molar-refractivity contribution in [1.82, 2.24) is 4.98 Å². The highest BCUT2D eigenvalue weighted by atomic mass is 35.5. The number of anilines is 1. The molecule has 0 aliphatic rings. The van der Waals surface area contributed by atoms with Crippen LogP contribution in [0.5, 0.6) is 17.4 Å². The van der Waals surface area contributed by atoms with Crippen molar-refractivity contribution in [3.05, 3.63) is 41.0 Å². The molecular formula is C13H10ClF3N2O2. The molecule has 0 aliphatic carbocycles. The number of benzene rings is 1. The molecule has 4 nitrogen and oxygen atoms in total. The lowest BCUT2D eigenvalue weighted by Gasteiger charge is -2.11. The van der Waals surface area contributed by atoms with Crippen molar-refractivity contribution >= 4 is 17.3 Å². The summed E-state index contributed by atoms with van der Waals surface area (Å²) in [4.78, 5) is 3.57. The smallest absolute Gasteiger partial charge is 0.417 e. The van der Waals surface area contributed by atoms with Gasteiger partial charge in [-0.05, 0) is 18.2 Å². The van der Waals surface area contributed by atoms with E-state index < -0.39 is 11.7 Å². The van der Waals surface area contributed by atoms with Crippen LogP contribution in [-0.2, 0) is 6.18 Å². The normalized spacial score (nSPS) is 11.3. The van der Waals surface area contributed by atoms with Crippen molar-refractivity contribution in [3.63, 3.8) is 0 Å². The van der Waals surface area contributed by atoms with Gasteiger partial charge in [0.15, 0.2) is 0 Å². The topological polar surface area (TPSA) is 57.4 Å². The highest BCUT2D eigenvalue weighted by Gasteiger charge is 2.31. The standard InChI is InChI=1S/C13H10ClF3N2O2/c1-20-11-3-2-8(5-10(11)18)21-12-9(14)4-7(6-19-12)13(15,16)17/h2-6H,18H2,1H3. The largest absolute Gasteiger partial charge is 0.495 e. The number of nitrogens with two attached hydrogens (primary N) is 1. The zero-order chi connectivity index (χ0) is 15.6. The highest BCUT2D eigenvalue weighted by molar-refractivity contribution is 6.31. The Morgan fingerprint density at radius 3 is 2.48 bits per heavy atom. The number of halogens is 4. The quantitative estimate of drug-likeness (QED) is 0.864. The number of nitrogen functional groups attached to an aromatic ring is 1. The Kier molecular flexibility index (Phi) is 4.13. The number of rotatable bonds is 3. The van der Waals surface area contributed by atoms with Crippen molar-refractivity contribution in [3.8, 4) is 17.4 Å². The third-order valence-corrected chi connectivity index (χ3v) is 2.82. The van der Waals surface area contributed by atoms with Crippen LogP contribution < -0.4 is 15.2 Å². The molecular weight excluding hydrogens is 309 g/mol. The van der Waals surface area contributed by atoms with Crippen LogP contribution in [0.4, 0.5) is 18.9 Å². The summed E-state index contributed by atoms with van der Waals surface area (Å²) in [6.45, 7) is 0. The van der Waals surface area contributed by atoms with Crippen LogP contribution in [0.2, 0.25) is 5.02 Å². The van der Waals surface area contributed by atoms with Gasteiger partial charge in [-0.1, -0.05) is 11.6 Å². The van der Waals surface area contributed by atoms with Gasteiger partial charge in [-0.2, -0.15) is 13.2 Å². The van der Waals surface area contributed by atoms with Gasteiger partial charge in [0.05, 0.1) is 18.4 Å². The van der Waals surface area contributed by atoms with E-state index in [1.165, 1.54) is 19.2 Å². The molecule has 0 atom stereocenters. The van der Waals surface area contributed by atoms with Gasteiger partial charge in [0, 0.05) is 12.3 Å². The van der Waals surface area contributed by atoms with E-state index in [9.17, 15) is 13.2 Å². The Labute approximate surface area is 123 Å². The third-order valence-electron chi connectivity index (χ3n) is 2.55. The molecule has 0 saturated heterocycles. The maximum absolute atomic E-state index is 12.5. The molecule has 0 radical (unpaired) electrons. The fourth-order valence-corrected chi connectivity index (χ4v) is 1.75. The van der Waals surface area contributed by atoms with Gasteiger partial charge in [-0.15, -0.1) is 0 Å². The van der Waals surface area contributed by atoms with Gasteiger partial charge < -0.3 is 15.2 Å². The Morgan fingerprint density at radius 2 is 1.95 bits per heavy atom. The second-order valence-corrected chi connectivity index (χ2v) is 4.42. The summed E-state index contributed by atoms with van der Waals surface area (Å²) in [6.07, 6.45) is -3.87. The lowest BCUT2D eigenvalue weighted by molar-refractivity contribution is -0.137. The van der Waals surface area contributed by atoms with Gasteiger partial charge >= 0.3 is 6.18 Å². The number of pyridine rings is 1. The second-order valence-electron chi connectivity index (χ2n) is 4.01. The van der Waals surface area contributed by atoms with Crippen molar-refractivity contribution < 1.29 is 22.6 Å². The molecule has 2 N–H and O–H groups in total. The Bertz CT molecular complexity index is 662. The van der Waals surface area contributed by atoms with Crippen molar-refractivity contribution in [1.29, 1.82) is 0 Å². The highest BCUT2D eigenvalue weighted by Crippen LogP contribution is 2.35. The zero-order valence-electron chi connectivity index (χ0n) is 10.7. The maximum atomic E-state index is 12.5. The lowest BCUT2D eigenvalue weighted by atomic mass is 10.2. The number of aromatic nitrogens is 1. The summed E-state index contributed by atoms with van der Waals surface area (Å²) in [6, 6.07) is 5.29. The number of methoxy groups -OCH3 is 1. The predicted octanol–water partition coefficient (Wildman–Crippen LogP) is 4.14. The minimum Gasteiger partial charge on any atom is -0.495 e. The second kappa shape index (κ2) is 5.69. The first-order valence-corrected chi connectivity index (χ1v) is 6.03. The summed E-state index contributed by atoms with van der Waals surface area (Å²) < 4.78 is 47.8. The Morgan fingerprint density at radius 1 is 1.24 bits per heavy atom. The molecule has 0 spiro atoms. The fourth-order valence-electron chi connectivity index (χ4n) is 1.54. The summed E-state index contributed by atoms with van der Waals surface area (Å²) in [5, 5.41) is -0.251. The van der Waals surface area contributed by atoms with Crippen LogP contribution in [0, 0.1) is 0 Å². The van der Waals surface area contributed by atoms with Crippen LogP contribution in [0.1, 0.15) is 5.56 Å². The van der Waals surface area contributed by atoms with E-state index in [1.54, 1.807) is 6.07 Å². The predicted molar refractivity (Wildman–Crippen MR) is 71.7 cm³/mol. The third kappa shape index (κ3) is 3.49. The summed E-state index contributed by atoms with van der Waals surface area (Å²) in [7, 11) is 1.46. The first kappa shape index (κ1) is 15.2. The minimum absolute atomic E-state index is 0.144. The summed E-state index contributed by atoms with van der Waals surface area (Å²) in [5.74, 6) is 0.588. The first-order chi connectivity index (χ1) is 9.81. The Balaban J connectivity index is 2.26. The van der Waals surface area contributed by atoms with Crippen molar-refractivity contribution in [2.24, 2.45) is 0 Å². The van der Waals surface area contributed by atoms with E-state index >= 15 is 0 Å². The van der Waals surface area contributed by atoms with Gasteiger partial charge in [-0.25, -0.2) is 4.98 Å². The van der Waals surface area contributed by atoms with Crippen LogP contribution in [0.3, 0.4) is 0 Å². The lowest BCUT2D eigenvalue weighted by Crippen LogP contribution is -2.05. The monoisotopic (exact) mass is 318 g/mol. The minimum atomic E-state index is -4.51. The molecule has 8 heteroatoms. The number of alkyl halides is 3. The van der Waals surface area contributed by atoms with Gasteiger partial charge in [-0.3, -0.25) is 0 Å². The molecule has 0 bridgehead atoms. The average Bonchev–Trinajstić information content (AvgIpc) is 2.40. The fraction of sp³-hybridized carbons (Fsp3) is 0.154. The van der Waals surface area contributed by atoms with Crippen LogP contribution >= 0.6 is 11.6 Å². The summed E-state index contributed by atoms with van der Waals surface area (Å²) in [5.41, 5.74) is 5.07. The van der Waals surface area contributed by atoms with Crippen LogP contribution in [0.25, 0.3) is 0 Å². The number of nitrogens with zero attached hydrogens (tertiary/aromatic N) is 1. The Hall–Kier alpha value is -2.15. The van der Waals surface area contributed by atoms with Crippen molar-refractivity contribution in [2.45, 2.75) is 6.18 Å². The van der Waals surface area contributed by atoms with E-state index in [0.29, 0.717) is 17.6 Å². The van der Waals surface area contributed by atoms with Crippen LogP contribution in [0.15, 0.2) is 30.5 Å². The number of hydrogen-bond acceptors (Lipinski definition) is 4. The maximum Gasteiger partial charge on any atom is 0.417 e. The van der Waals surface area contributed by atoms with E-state index in [2.05, 4.69) is 4.98 Å². The van der Waals surface area contributed by atoms with Crippen LogP contribution in [-0.4, -0.2) is 12.1 Å². The zero-order valence-corrected chi connectivity index (χ0v) is 11.5. The molecule has 2 aromatic rings. The SMILES string of the molecule is COc1ccc(Oc2ncc(C(F)(F)F)cc2Cl)cc1N. The molecule has 1 aromatic heterocycles. The van der Waals surface area contributed by atoms with E-state index in [4.69, 9.17) is 26.8 Å². The molecule has 0 fully saturated rings. The molecule has 0 aliphatic heterocycles. The number of hydrogen-bond donors (Lipinski definition) is 1. The van der Waals surface area contributed by atoms with Gasteiger partial charge in [0.1, 0.15) is 16.5 Å². The molecule has 21 heavy (non-hydrogen) atoms. The number of ether oxygens (including phenoxy) is 2. The molecule has 0 amide bonds.